The predicted molar refractivity (Wildman–Crippen MR) is 72.9 cm³/mol. The first kappa shape index (κ1) is 13.9. The van der Waals surface area contributed by atoms with Gasteiger partial charge in [0, 0.05) is 0 Å². The first-order valence-corrected chi connectivity index (χ1v) is 7.65. The quantitative estimate of drug-likeness (QED) is 0.713. The van der Waals surface area contributed by atoms with Crippen LogP contribution in [0.3, 0.4) is 0 Å². The summed E-state index contributed by atoms with van der Waals surface area (Å²) in [5.74, 6) is 1.43. The highest BCUT2D eigenvalue weighted by Crippen LogP contribution is 2.51. The second-order valence-corrected chi connectivity index (χ2v) is 6.94. The Morgan fingerprint density at radius 1 is 0.944 bits per heavy atom. The van der Waals surface area contributed by atoms with Crippen LogP contribution in [-0.2, 0) is 0 Å². The molecule has 0 bridgehead atoms. The molecule has 0 spiro atoms. The zero-order chi connectivity index (χ0) is 13.2. The molecule has 2 fully saturated rings. The van der Waals surface area contributed by atoms with E-state index in [0.29, 0.717) is 5.92 Å². The van der Waals surface area contributed by atoms with Crippen LogP contribution in [0.25, 0.3) is 0 Å². The lowest BCUT2D eigenvalue weighted by atomic mass is 9.60. The van der Waals surface area contributed by atoms with Crippen molar-refractivity contribution in [2.24, 2.45) is 17.3 Å². The smallest absolute Gasteiger partial charge is 0.0860 e. The lowest BCUT2D eigenvalue weighted by Gasteiger charge is -2.46. The van der Waals surface area contributed by atoms with E-state index in [0.717, 1.165) is 57.3 Å². The van der Waals surface area contributed by atoms with Gasteiger partial charge in [0.1, 0.15) is 0 Å². The molecule has 2 saturated carbocycles. The number of aliphatic hydroxyl groups is 1. The van der Waals surface area contributed by atoms with Crippen molar-refractivity contribution < 1.29 is 5.11 Å². The Morgan fingerprint density at radius 3 is 2.11 bits per heavy atom. The molecule has 2 nitrogen and oxygen atoms in total. The fraction of sp³-hybridized carbons (Fsp3) is 0.938. The highest BCUT2D eigenvalue weighted by atomic mass is 16.3. The van der Waals surface area contributed by atoms with E-state index in [1.807, 2.05) is 0 Å². The third-order valence-corrected chi connectivity index (χ3v) is 5.57. The number of hydrogen-bond acceptors (Lipinski definition) is 2. The maximum Gasteiger partial charge on any atom is 0.0860 e. The maximum atomic E-state index is 11.1. The molecule has 1 N–H and O–H groups in total. The average molecular weight is 249 g/mol. The summed E-state index contributed by atoms with van der Waals surface area (Å²) in [6.07, 6.45) is 9.03. The van der Waals surface area contributed by atoms with Gasteiger partial charge in [0.25, 0.3) is 0 Å². The number of nitriles is 1. The van der Waals surface area contributed by atoms with Crippen molar-refractivity contribution in [1.29, 1.82) is 5.26 Å². The van der Waals surface area contributed by atoms with Gasteiger partial charge in [-0.3, -0.25) is 0 Å². The molecule has 2 aliphatic rings. The van der Waals surface area contributed by atoms with Crippen LogP contribution in [0.2, 0.25) is 0 Å². The van der Waals surface area contributed by atoms with Gasteiger partial charge < -0.3 is 5.11 Å². The number of rotatable bonds is 1. The lowest BCUT2D eigenvalue weighted by Crippen LogP contribution is -2.49. The monoisotopic (exact) mass is 249 g/mol. The molecule has 2 rings (SSSR count). The first-order chi connectivity index (χ1) is 8.51. The fourth-order valence-corrected chi connectivity index (χ4v) is 3.91. The molecule has 0 aliphatic heterocycles. The van der Waals surface area contributed by atoms with Crippen LogP contribution >= 0.6 is 0 Å². The van der Waals surface area contributed by atoms with Crippen molar-refractivity contribution in [3.05, 3.63) is 0 Å². The van der Waals surface area contributed by atoms with Crippen LogP contribution in [0.15, 0.2) is 0 Å². The van der Waals surface area contributed by atoms with Gasteiger partial charge in [-0.1, -0.05) is 26.7 Å². The second-order valence-electron chi connectivity index (χ2n) is 6.94. The highest BCUT2D eigenvalue weighted by Gasteiger charge is 2.51. The van der Waals surface area contributed by atoms with Crippen LogP contribution in [0.5, 0.6) is 0 Å². The molecule has 0 heterocycles. The SMILES string of the molecule is CC1CCCC(O)(C2(C#N)CCC(C)CC2)CC1. The molecule has 2 heteroatoms. The van der Waals surface area contributed by atoms with Crippen molar-refractivity contribution in [1.82, 2.24) is 0 Å². The molecule has 0 radical (unpaired) electrons. The normalized spacial score (nSPS) is 46.1. The van der Waals surface area contributed by atoms with Gasteiger partial charge in [0.2, 0.25) is 0 Å². The molecule has 0 aromatic heterocycles. The minimum Gasteiger partial charge on any atom is -0.388 e. The van der Waals surface area contributed by atoms with Crippen molar-refractivity contribution >= 4 is 0 Å². The van der Waals surface area contributed by atoms with Crippen LogP contribution in [0.1, 0.15) is 71.6 Å². The molecule has 2 atom stereocenters. The van der Waals surface area contributed by atoms with Gasteiger partial charge in [-0.25, -0.2) is 0 Å². The van der Waals surface area contributed by atoms with Gasteiger partial charge in [-0.15, -0.1) is 0 Å². The third kappa shape index (κ3) is 2.43. The van der Waals surface area contributed by atoms with E-state index >= 15 is 0 Å². The average Bonchev–Trinajstić information content (AvgIpc) is 2.54. The van der Waals surface area contributed by atoms with E-state index < -0.39 is 11.0 Å². The summed E-state index contributed by atoms with van der Waals surface area (Å²) >= 11 is 0. The Bertz CT molecular complexity index is 324. The first-order valence-electron chi connectivity index (χ1n) is 7.65. The van der Waals surface area contributed by atoms with Gasteiger partial charge >= 0.3 is 0 Å². The Balaban J connectivity index is 2.18. The molecule has 0 saturated heterocycles. The standard InChI is InChI=1S/C16H27NO/c1-13-4-3-8-16(18,11-7-13)15(12-17)9-5-14(2)6-10-15/h13-14,18H,3-11H2,1-2H3. The zero-order valence-electron chi connectivity index (χ0n) is 11.9. The molecule has 18 heavy (non-hydrogen) atoms. The Morgan fingerprint density at radius 2 is 1.50 bits per heavy atom. The highest BCUT2D eigenvalue weighted by molar-refractivity contribution is 5.13. The minimum atomic E-state index is -0.716. The molecule has 2 unspecified atom stereocenters. The minimum absolute atomic E-state index is 0.455. The van der Waals surface area contributed by atoms with Gasteiger partial charge in [0.05, 0.1) is 17.1 Å². The summed E-state index contributed by atoms with van der Waals surface area (Å²) < 4.78 is 0. The van der Waals surface area contributed by atoms with Gasteiger partial charge in [-0.2, -0.15) is 5.26 Å². The fourth-order valence-electron chi connectivity index (χ4n) is 3.91. The van der Waals surface area contributed by atoms with E-state index in [1.54, 1.807) is 0 Å². The summed E-state index contributed by atoms with van der Waals surface area (Å²) in [5, 5.41) is 20.8. The second kappa shape index (κ2) is 5.21. The lowest BCUT2D eigenvalue weighted by molar-refractivity contribution is -0.0882. The summed E-state index contributed by atoms with van der Waals surface area (Å²) in [7, 11) is 0. The number of nitrogens with zero attached hydrogens (tertiary/aromatic N) is 1. The molecular formula is C16H27NO. The topological polar surface area (TPSA) is 44.0 Å². The molecule has 0 amide bonds. The van der Waals surface area contributed by atoms with Crippen molar-refractivity contribution in [3.63, 3.8) is 0 Å². The van der Waals surface area contributed by atoms with E-state index in [9.17, 15) is 10.4 Å². The van der Waals surface area contributed by atoms with E-state index in [1.165, 1.54) is 6.42 Å². The molecular weight excluding hydrogens is 222 g/mol. The largest absolute Gasteiger partial charge is 0.388 e. The summed E-state index contributed by atoms with van der Waals surface area (Å²) in [6.45, 7) is 4.54. The summed E-state index contributed by atoms with van der Waals surface area (Å²) in [4.78, 5) is 0. The van der Waals surface area contributed by atoms with Gasteiger partial charge in [-0.05, 0) is 56.8 Å². The van der Waals surface area contributed by atoms with Crippen LogP contribution in [0, 0.1) is 28.6 Å². The van der Waals surface area contributed by atoms with Crippen molar-refractivity contribution in [3.8, 4) is 6.07 Å². The Kier molecular flexibility index (Phi) is 4.02. The predicted octanol–water partition coefficient (Wildman–Crippen LogP) is 4.04. The zero-order valence-corrected chi connectivity index (χ0v) is 11.9. The molecule has 102 valence electrons. The van der Waals surface area contributed by atoms with Crippen LogP contribution in [-0.4, -0.2) is 10.7 Å². The summed E-state index contributed by atoms with van der Waals surface area (Å²) in [6, 6.07) is 2.54. The van der Waals surface area contributed by atoms with Crippen LogP contribution in [0.4, 0.5) is 0 Å². The molecule has 0 aromatic rings. The van der Waals surface area contributed by atoms with Crippen molar-refractivity contribution in [2.75, 3.05) is 0 Å². The Labute approximate surface area is 111 Å². The molecule has 0 aromatic carbocycles. The third-order valence-electron chi connectivity index (χ3n) is 5.57. The molecule has 2 aliphatic carbocycles. The number of hydrogen-bond donors (Lipinski definition) is 1. The maximum absolute atomic E-state index is 11.1. The summed E-state index contributed by atoms with van der Waals surface area (Å²) in [5.41, 5.74) is -1.17. The Hall–Kier alpha value is -0.550. The van der Waals surface area contributed by atoms with E-state index in [4.69, 9.17) is 0 Å². The van der Waals surface area contributed by atoms with Gasteiger partial charge in [0.15, 0.2) is 0 Å². The van der Waals surface area contributed by atoms with Crippen molar-refractivity contribution in [2.45, 2.75) is 77.2 Å². The van der Waals surface area contributed by atoms with E-state index in [-0.39, 0.29) is 0 Å². The van der Waals surface area contributed by atoms with Crippen LogP contribution < -0.4 is 0 Å². The van der Waals surface area contributed by atoms with E-state index in [2.05, 4.69) is 19.9 Å².